The number of nitrogen functional groups attached to an aromatic ring is 1. The van der Waals surface area contributed by atoms with Crippen LogP contribution in [0, 0.1) is 0 Å². The second kappa shape index (κ2) is 4.38. The van der Waals surface area contributed by atoms with Gasteiger partial charge in [-0.15, -0.1) is 5.10 Å². The Morgan fingerprint density at radius 3 is 2.75 bits per heavy atom. The molecule has 20 heavy (non-hydrogen) atoms. The van der Waals surface area contributed by atoms with Gasteiger partial charge < -0.3 is 5.73 Å². The molecular formula is C13H12N6S. The maximum Gasteiger partial charge on any atom is 0.231 e. The number of aromatic nitrogens is 5. The van der Waals surface area contributed by atoms with Crippen LogP contribution in [-0.2, 0) is 0 Å². The molecule has 0 spiro atoms. The molecular weight excluding hydrogens is 272 g/mol. The molecule has 6 nitrogen and oxygen atoms in total. The van der Waals surface area contributed by atoms with Gasteiger partial charge in [-0.25, -0.2) is 9.97 Å². The normalized spacial score (nSPS) is 14.6. The summed E-state index contributed by atoms with van der Waals surface area (Å²) in [4.78, 5) is 8.82. The lowest BCUT2D eigenvalue weighted by molar-refractivity contribution is 0.853. The molecule has 1 aliphatic rings. The molecule has 4 rings (SSSR count). The molecule has 3 aromatic rings. The van der Waals surface area contributed by atoms with Crippen molar-refractivity contribution in [2.75, 3.05) is 5.73 Å². The fraction of sp³-hybridized carbons (Fsp3) is 0.231. The predicted octanol–water partition coefficient (Wildman–Crippen LogP) is 2.25. The first-order chi connectivity index (χ1) is 9.79. The highest BCUT2D eigenvalue weighted by Gasteiger charge is 2.28. The maximum absolute atomic E-state index is 5.68. The van der Waals surface area contributed by atoms with E-state index in [1.165, 1.54) is 24.4 Å². The van der Waals surface area contributed by atoms with Gasteiger partial charge in [0.25, 0.3) is 0 Å². The van der Waals surface area contributed by atoms with Crippen molar-refractivity contribution >= 4 is 17.2 Å². The predicted molar refractivity (Wildman–Crippen MR) is 76.6 cm³/mol. The topological polar surface area (TPSA) is 82.5 Å². The molecule has 0 aliphatic heterocycles. The molecule has 0 saturated heterocycles. The number of hydrogen-bond donors (Lipinski definition) is 1. The summed E-state index contributed by atoms with van der Waals surface area (Å²) in [6, 6.07) is 7.49. The van der Waals surface area contributed by atoms with E-state index < -0.39 is 0 Å². The standard InChI is InChI=1S/C13H12N6S/c14-10-5-3-8(4-6-10)11-15-7-19(17-11)13-16-12(18-20-13)9-1-2-9/h3-7,9H,1-2,14H2. The van der Waals surface area contributed by atoms with Crippen LogP contribution in [-0.4, -0.2) is 24.1 Å². The van der Waals surface area contributed by atoms with Crippen molar-refractivity contribution in [3.05, 3.63) is 36.4 Å². The van der Waals surface area contributed by atoms with E-state index in [4.69, 9.17) is 5.73 Å². The molecule has 1 aromatic carbocycles. The summed E-state index contributed by atoms with van der Waals surface area (Å²) >= 11 is 1.36. The summed E-state index contributed by atoms with van der Waals surface area (Å²) < 4.78 is 6.05. The summed E-state index contributed by atoms with van der Waals surface area (Å²) in [5, 5.41) is 5.21. The molecule has 0 bridgehead atoms. The zero-order valence-electron chi connectivity index (χ0n) is 10.6. The van der Waals surface area contributed by atoms with Gasteiger partial charge in [-0.1, -0.05) is 0 Å². The minimum Gasteiger partial charge on any atom is -0.399 e. The number of nitrogens with two attached hydrogens (primary N) is 1. The van der Waals surface area contributed by atoms with E-state index in [0.717, 1.165) is 22.2 Å². The summed E-state index contributed by atoms with van der Waals surface area (Å²) in [6.07, 6.45) is 4.07. The van der Waals surface area contributed by atoms with E-state index in [1.807, 2.05) is 24.3 Å². The second-order valence-corrected chi connectivity index (χ2v) is 5.57. The molecule has 0 radical (unpaired) electrons. The van der Waals surface area contributed by atoms with Crippen LogP contribution in [0.3, 0.4) is 0 Å². The van der Waals surface area contributed by atoms with E-state index in [0.29, 0.717) is 11.7 Å². The Labute approximate surface area is 119 Å². The van der Waals surface area contributed by atoms with Crippen LogP contribution in [0.1, 0.15) is 24.6 Å². The summed E-state index contributed by atoms with van der Waals surface area (Å²) in [6.45, 7) is 0. The average molecular weight is 284 g/mol. The lowest BCUT2D eigenvalue weighted by Crippen LogP contribution is -1.95. The van der Waals surface area contributed by atoms with Crippen LogP contribution in [0.4, 0.5) is 5.69 Å². The SMILES string of the molecule is Nc1ccc(-c2ncn(-c3nc(C4CC4)ns3)n2)cc1. The average Bonchev–Trinajstić information content (AvgIpc) is 3.01. The van der Waals surface area contributed by atoms with Gasteiger partial charge in [0.15, 0.2) is 5.82 Å². The van der Waals surface area contributed by atoms with E-state index in [9.17, 15) is 0 Å². The molecule has 1 aliphatic carbocycles. The number of rotatable bonds is 3. The van der Waals surface area contributed by atoms with Gasteiger partial charge >= 0.3 is 0 Å². The first-order valence-electron chi connectivity index (χ1n) is 6.41. The van der Waals surface area contributed by atoms with E-state index in [-0.39, 0.29) is 0 Å². The molecule has 0 amide bonds. The van der Waals surface area contributed by atoms with Gasteiger partial charge in [0.2, 0.25) is 5.13 Å². The smallest absolute Gasteiger partial charge is 0.231 e. The Morgan fingerprint density at radius 1 is 1.20 bits per heavy atom. The molecule has 1 fully saturated rings. The van der Waals surface area contributed by atoms with Crippen molar-refractivity contribution in [2.45, 2.75) is 18.8 Å². The molecule has 0 unspecified atom stereocenters. The van der Waals surface area contributed by atoms with Crippen molar-refractivity contribution < 1.29 is 0 Å². The molecule has 7 heteroatoms. The fourth-order valence-corrected chi connectivity index (χ4v) is 2.62. The molecule has 1 saturated carbocycles. The van der Waals surface area contributed by atoms with Gasteiger partial charge in [0.1, 0.15) is 12.2 Å². The lowest BCUT2D eigenvalue weighted by Gasteiger charge is -1.96. The third-order valence-corrected chi connectivity index (χ3v) is 3.95. The third-order valence-electron chi connectivity index (χ3n) is 3.23. The van der Waals surface area contributed by atoms with Crippen molar-refractivity contribution in [1.29, 1.82) is 0 Å². The first kappa shape index (κ1) is 11.5. The minimum atomic E-state index is 0.556. The van der Waals surface area contributed by atoms with E-state index >= 15 is 0 Å². The second-order valence-electron chi connectivity index (χ2n) is 4.84. The van der Waals surface area contributed by atoms with Crippen LogP contribution < -0.4 is 5.73 Å². The Balaban J connectivity index is 1.64. The highest BCUT2D eigenvalue weighted by atomic mass is 32.1. The van der Waals surface area contributed by atoms with E-state index in [1.54, 1.807) is 11.0 Å². The number of benzene rings is 1. The van der Waals surface area contributed by atoms with Crippen LogP contribution in [0.15, 0.2) is 30.6 Å². The molecule has 100 valence electrons. The Hall–Kier alpha value is -2.28. The van der Waals surface area contributed by atoms with Crippen molar-refractivity contribution in [1.82, 2.24) is 24.1 Å². The van der Waals surface area contributed by atoms with Gasteiger partial charge in [-0.05, 0) is 37.1 Å². The van der Waals surface area contributed by atoms with Crippen molar-refractivity contribution in [3.8, 4) is 16.5 Å². The van der Waals surface area contributed by atoms with Gasteiger partial charge in [0, 0.05) is 28.7 Å². The number of nitrogens with zero attached hydrogens (tertiary/aromatic N) is 5. The summed E-state index contributed by atoms with van der Waals surface area (Å²) in [5.74, 6) is 2.16. The summed E-state index contributed by atoms with van der Waals surface area (Å²) in [5.41, 5.74) is 7.34. The lowest BCUT2D eigenvalue weighted by atomic mass is 10.2. The highest BCUT2D eigenvalue weighted by molar-refractivity contribution is 7.08. The fourth-order valence-electron chi connectivity index (χ4n) is 1.95. The number of hydrogen-bond acceptors (Lipinski definition) is 6. The van der Waals surface area contributed by atoms with Crippen molar-refractivity contribution in [3.63, 3.8) is 0 Å². The Morgan fingerprint density at radius 2 is 2.00 bits per heavy atom. The zero-order valence-corrected chi connectivity index (χ0v) is 11.4. The molecule has 2 aromatic heterocycles. The zero-order chi connectivity index (χ0) is 13.5. The molecule has 2 heterocycles. The first-order valence-corrected chi connectivity index (χ1v) is 7.18. The van der Waals surface area contributed by atoms with Crippen LogP contribution in [0.5, 0.6) is 0 Å². The van der Waals surface area contributed by atoms with E-state index in [2.05, 4.69) is 19.4 Å². The van der Waals surface area contributed by atoms with Crippen LogP contribution >= 0.6 is 11.5 Å². The largest absolute Gasteiger partial charge is 0.399 e. The number of anilines is 1. The minimum absolute atomic E-state index is 0.556. The van der Waals surface area contributed by atoms with Crippen molar-refractivity contribution in [2.24, 2.45) is 0 Å². The Kier molecular flexibility index (Phi) is 2.53. The molecule has 0 atom stereocenters. The quantitative estimate of drug-likeness (QED) is 0.746. The van der Waals surface area contributed by atoms with Gasteiger partial charge in [0.05, 0.1) is 0 Å². The van der Waals surface area contributed by atoms with Gasteiger partial charge in [-0.2, -0.15) is 9.06 Å². The monoisotopic (exact) mass is 284 g/mol. The van der Waals surface area contributed by atoms with Crippen LogP contribution in [0.2, 0.25) is 0 Å². The Bertz CT molecular complexity index is 740. The van der Waals surface area contributed by atoms with Crippen LogP contribution in [0.25, 0.3) is 16.5 Å². The summed E-state index contributed by atoms with van der Waals surface area (Å²) in [7, 11) is 0. The maximum atomic E-state index is 5.68. The molecule has 2 N–H and O–H groups in total. The third kappa shape index (κ3) is 2.05. The van der Waals surface area contributed by atoms with Gasteiger partial charge in [-0.3, -0.25) is 0 Å². The highest BCUT2D eigenvalue weighted by Crippen LogP contribution is 2.39.